The van der Waals surface area contributed by atoms with E-state index in [1.54, 1.807) is 24.3 Å². The third kappa shape index (κ3) is 2.24. The van der Waals surface area contributed by atoms with E-state index in [0.29, 0.717) is 29.2 Å². The number of alkyl halides is 3. The van der Waals surface area contributed by atoms with Crippen molar-refractivity contribution in [3.8, 4) is 0 Å². The molecule has 1 N–H and O–H groups in total. The lowest BCUT2D eigenvalue weighted by Crippen LogP contribution is -2.41. The number of thiazole rings is 1. The van der Waals surface area contributed by atoms with Crippen LogP contribution in [0.4, 0.5) is 13.2 Å². The summed E-state index contributed by atoms with van der Waals surface area (Å²) in [6.45, 7) is 1.37. The van der Waals surface area contributed by atoms with Crippen LogP contribution in [-0.4, -0.2) is 41.3 Å². The van der Waals surface area contributed by atoms with Crippen molar-refractivity contribution in [3.05, 3.63) is 51.5 Å². The molecule has 2 atom stereocenters. The van der Waals surface area contributed by atoms with E-state index in [9.17, 15) is 22.8 Å². The summed E-state index contributed by atoms with van der Waals surface area (Å²) >= 11 is 0.964. The molecular formula is C18H14F3N3O2S. The van der Waals surface area contributed by atoms with E-state index in [-0.39, 0.29) is 30.2 Å². The van der Waals surface area contributed by atoms with Crippen molar-refractivity contribution in [2.45, 2.75) is 11.6 Å². The lowest BCUT2D eigenvalue weighted by Gasteiger charge is -2.24. The maximum Gasteiger partial charge on any atom is 0.434 e. The van der Waals surface area contributed by atoms with Gasteiger partial charge in [0.2, 0.25) is 0 Å². The summed E-state index contributed by atoms with van der Waals surface area (Å²) in [6.07, 6.45) is -4.51. The second kappa shape index (κ2) is 5.39. The van der Waals surface area contributed by atoms with Crippen LogP contribution in [0.5, 0.6) is 0 Å². The number of piperidine rings is 1. The van der Waals surface area contributed by atoms with Gasteiger partial charge in [-0.15, -0.1) is 11.3 Å². The van der Waals surface area contributed by atoms with Crippen molar-refractivity contribution in [2.24, 2.45) is 11.8 Å². The molecule has 3 heterocycles. The zero-order chi connectivity index (χ0) is 19.0. The van der Waals surface area contributed by atoms with E-state index in [0.717, 1.165) is 16.7 Å². The van der Waals surface area contributed by atoms with Crippen molar-refractivity contribution < 1.29 is 22.8 Å². The van der Waals surface area contributed by atoms with E-state index in [1.165, 1.54) is 4.90 Å². The molecule has 9 heteroatoms. The largest absolute Gasteiger partial charge is 0.434 e. The van der Waals surface area contributed by atoms with E-state index in [4.69, 9.17) is 0 Å². The fourth-order valence-corrected chi connectivity index (χ4v) is 5.68. The maximum atomic E-state index is 13.0. The van der Waals surface area contributed by atoms with Gasteiger partial charge in [0.1, 0.15) is 5.01 Å². The normalized spacial score (nSPS) is 29.2. The molecule has 2 fully saturated rings. The Kier molecular flexibility index (Phi) is 3.37. The number of nitrogens with one attached hydrogen (secondary N) is 1. The molecule has 0 radical (unpaired) electrons. The second-order valence-corrected chi connectivity index (χ2v) is 8.05. The Labute approximate surface area is 156 Å². The minimum Gasteiger partial charge on any atom is -0.316 e. The van der Waals surface area contributed by atoms with Crippen LogP contribution < -0.4 is 5.32 Å². The molecule has 2 aromatic rings. The molecule has 3 aliphatic rings. The summed E-state index contributed by atoms with van der Waals surface area (Å²) in [5, 5.41) is 4.59. The van der Waals surface area contributed by atoms with Gasteiger partial charge >= 0.3 is 6.18 Å². The Hall–Kier alpha value is -2.26. The smallest absolute Gasteiger partial charge is 0.316 e. The Morgan fingerprint density at radius 1 is 1.15 bits per heavy atom. The molecule has 1 saturated heterocycles. The molecule has 5 nitrogen and oxygen atoms in total. The third-order valence-corrected chi connectivity index (χ3v) is 6.95. The first-order chi connectivity index (χ1) is 12.8. The Morgan fingerprint density at radius 3 is 2.26 bits per heavy atom. The number of fused-ring (bicyclic) bond motifs is 2. The average Bonchev–Trinajstić information content (AvgIpc) is 3.13. The van der Waals surface area contributed by atoms with Gasteiger partial charge in [0.15, 0.2) is 5.69 Å². The monoisotopic (exact) mass is 393 g/mol. The first kappa shape index (κ1) is 16.9. The number of rotatable bonds is 3. The van der Waals surface area contributed by atoms with E-state index in [2.05, 4.69) is 10.3 Å². The Morgan fingerprint density at radius 2 is 1.74 bits per heavy atom. The van der Waals surface area contributed by atoms with Crippen molar-refractivity contribution >= 4 is 23.2 Å². The highest BCUT2D eigenvalue weighted by Crippen LogP contribution is 2.63. The first-order valence-corrected chi connectivity index (χ1v) is 9.41. The summed E-state index contributed by atoms with van der Waals surface area (Å²) < 4.78 is 39.1. The number of carbonyl (C=O) groups excluding carboxylic acids is 2. The quantitative estimate of drug-likeness (QED) is 0.815. The average molecular weight is 393 g/mol. The number of amides is 2. The molecule has 1 aromatic heterocycles. The van der Waals surface area contributed by atoms with Crippen molar-refractivity contribution in [2.75, 3.05) is 19.6 Å². The van der Waals surface area contributed by atoms with Crippen LogP contribution in [0.2, 0.25) is 0 Å². The highest BCUT2D eigenvalue weighted by molar-refractivity contribution is 7.09. The minimum absolute atomic E-state index is 0.0706. The Balaban J connectivity index is 1.51. The molecule has 2 amide bonds. The molecule has 2 unspecified atom stereocenters. The predicted molar refractivity (Wildman–Crippen MR) is 90.5 cm³/mol. The van der Waals surface area contributed by atoms with Crippen LogP contribution in [0.15, 0.2) is 29.6 Å². The molecule has 1 aliphatic carbocycles. The number of hydrogen-bond acceptors (Lipinski definition) is 5. The predicted octanol–water partition coefficient (Wildman–Crippen LogP) is 2.55. The number of nitrogens with zero attached hydrogens (tertiary/aromatic N) is 2. The molecule has 1 saturated carbocycles. The lowest BCUT2D eigenvalue weighted by atomic mass is 10.00. The van der Waals surface area contributed by atoms with Crippen LogP contribution in [0.3, 0.4) is 0 Å². The number of aromatic nitrogens is 1. The number of carbonyl (C=O) groups is 2. The SMILES string of the molecule is O=C1c2ccccc2C(=O)N1CC1(c2nc(C(F)(F)F)cs2)C2CNCC21. The van der Waals surface area contributed by atoms with Gasteiger partial charge in [-0.3, -0.25) is 14.5 Å². The van der Waals surface area contributed by atoms with Crippen molar-refractivity contribution in [1.29, 1.82) is 0 Å². The fraction of sp³-hybridized carbons (Fsp3) is 0.389. The van der Waals surface area contributed by atoms with E-state index >= 15 is 0 Å². The van der Waals surface area contributed by atoms with Crippen LogP contribution >= 0.6 is 11.3 Å². The standard InChI is InChI=1S/C18H14F3N3O2S/c19-18(20,21)13-7-27-16(23-13)17(11-5-22-6-12(11)17)8-24-14(25)9-3-1-2-4-10(9)15(24)26/h1-4,7,11-12,22H,5-6,8H2. The molecule has 140 valence electrons. The zero-order valence-corrected chi connectivity index (χ0v) is 14.7. The zero-order valence-electron chi connectivity index (χ0n) is 13.9. The summed E-state index contributed by atoms with van der Waals surface area (Å²) in [6, 6.07) is 6.58. The summed E-state index contributed by atoms with van der Waals surface area (Å²) in [5.41, 5.74) is -0.914. The van der Waals surface area contributed by atoms with Crippen LogP contribution in [0.1, 0.15) is 31.4 Å². The highest BCUT2D eigenvalue weighted by Gasteiger charge is 2.70. The van der Waals surface area contributed by atoms with Crippen LogP contribution in [0, 0.1) is 11.8 Å². The number of hydrogen-bond donors (Lipinski definition) is 1. The maximum absolute atomic E-state index is 13.0. The van der Waals surface area contributed by atoms with Gasteiger partial charge in [-0.1, -0.05) is 12.1 Å². The highest BCUT2D eigenvalue weighted by atomic mass is 32.1. The van der Waals surface area contributed by atoms with Crippen LogP contribution in [-0.2, 0) is 11.6 Å². The summed E-state index contributed by atoms with van der Waals surface area (Å²) in [4.78, 5) is 30.5. The van der Waals surface area contributed by atoms with Gasteiger partial charge in [0.05, 0.1) is 11.1 Å². The van der Waals surface area contributed by atoms with Gasteiger partial charge in [0.25, 0.3) is 11.8 Å². The second-order valence-electron chi connectivity index (χ2n) is 7.19. The summed E-state index contributed by atoms with van der Waals surface area (Å²) in [5.74, 6) is -0.621. The summed E-state index contributed by atoms with van der Waals surface area (Å²) in [7, 11) is 0. The lowest BCUT2D eigenvalue weighted by molar-refractivity contribution is -0.140. The van der Waals surface area contributed by atoms with Gasteiger partial charge in [-0.25, -0.2) is 4.98 Å². The molecule has 5 rings (SSSR count). The van der Waals surface area contributed by atoms with Gasteiger partial charge in [-0.05, 0) is 37.1 Å². The molecule has 27 heavy (non-hydrogen) atoms. The van der Waals surface area contributed by atoms with Crippen molar-refractivity contribution in [3.63, 3.8) is 0 Å². The van der Waals surface area contributed by atoms with Gasteiger partial charge in [-0.2, -0.15) is 13.2 Å². The Bertz CT molecular complexity index is 926. The minimum atomic E-state index is -4.51. The molecule has 0 bridgehead atoms. The molecule has 2 aliphatic heterocycles. The number of benzene rings is 1. The molecular weight excluding hydrogens is 379 g/mol. The third-order valence-electron chi connectivity index (χ3n) is 5.92. The first-order valence-electron chi connectivity index (χ1n) is 8.53. The molecule has 1 aromatic carbocycles. The van der Waals surface area contributed by atoms with Crippen molar-refractivity contribution in [1.82, 2.24) is 15.2 Å². The van der Waals surface area contributed by atoms with Gasteiger partial charge in [0, 0.05) is 17.3 Å². The molecule has 0 spiro atoms. The number of imide groups is 1. The van der Waals surface area contributed by atoms with Gasteiger partial charge < -0.3 is 5.32 Å². The van der Waals surface area contributed by atoms with Crippen LogP contribution in [0.25, 0.3) is 0 Å². The fourth-order valence-electron chi connectivity index (χ4n) is 4.53. The van der Waals surface area contributed by atoms with E-state index < -0.39 is 17.3 Å². The topological polar surface area (TPSA) is 62.3 Å². The number of halogens is 3. The van der Waals surface area contributed by atoms with E-state index in [1.807, 2.05) is 0 Å².